The third kappa shape index (κ3) is 7.47. The van der Waals surface area contributed by atoms with Gasteiger partial charge in [-0.25, -0.2) is 4.99 Å². The van der Waals surface area contributed by atoms with Gasteiger partial charge in [-0.15, -0.1) is 11.3 Å². The van der Waals surface area contributed by atoms with Crippen molar-refractivity contribution in [1.29, 1.82) is 0 Å². The fourth-order valence-electron chi connectivity index (χ4n) is 1.55. The molecule has 1 aromatic heterocycles. The molecule has 0 radical (unpaired) electrons. The van der Waals surface area contributed by atoms with Gasteiger partial charge in [-0.3, -0.25) is 0 Å². The van der Waals surface area contributed by atoms with Crippen LogP contribution in [0.4, 0.5) is 0 Å². The molecule has 0 spiro atoms. The van der Waals surface area contributed by atoms with Crippen LogP contribution < -0.4 is 10.6 Å². The number of aryl methyl sites for hydroxylation is 1. The van der Waals surface area contributed by atoms with Crippen molar-refractivity contribution in [2.24, 2.45) is 4.99 Å². The number of aliphatic imine (C=N–C) groups is 1. The number of ether oxygens (including phenoxy) is 2. The van der Waals surface area contributed by atoms with Crippen LogP contribution in [0.3, 0.4) is 0 Å². The Balaban J connectivity index is 2.28. The zero-order valence-corrected chi connectivity index (χ0v) is 13.4. The Bertz CT molecular complexity index is 394. The lowest BCUT2D eigenvalue weighted by Crippen LogP contribution is -2.39. The van der Waals surface area contributed by atoms with Crippen LogP contribution in [0.1, 0.15) is 16.7 Å². The van der Waals surface area contributed by atoms with Crippen LogP contribution >= 0.6 is 11.3 Å². The molecule has 0 aliphatic heterocycles. The topological polar surface area (TPSA) is 54.9 Å². The van der Waals surface area contributed by atoms with Gasteiger partial charge >= 0.3 is 0 Å². The Morgan fingerprint density at radius 1 is 1.25 bits per heavy atom. The summed E-state index contributed by atoms with van der Waals surface area (Å²) >= 11 is 1.78. The lowest BCUT2D eigenvalue weighted by atomic mass is 10.4. The summed E-state index contributed by atoms with van der Waals surface area (Å²) in [4.78, 5) is 7.15. The van der Waals surface area contributed by atoms with Crippen molar-refractivity contribution in [3.63, 3.8) is 0 Å². The number of hydrogen-bond donors (Lipinski definition) is 2. The minimum atomic E-state index is 0.625. The average Bonchev–Trinajstić information content (AvgIpc) is 2.85. The van der Waals surface area contributed by atoms with E-state index in [2.05, 4.69) is 41.6 Å². The highest BCUT2D eigenvalue weighted by Gasteiger charge is 1.99. The molecule has 0 saturated heterocycles. The number of nitrogens with zero attached hydrogens (tertiary/aromatic N) is 1. The second kappa shape index (κ2) is 10.7. The smallest absolute Gasteiger partial charge is 0.191 e. The van der Waals surface area contributed by atoms with E-state index in [-0.39, 0.29) is 0 Å². The van der Waals surface area contributed by atoms with Crippen LogP contribution in [0, 0.1) is 6.92 Å². The lowest BCUT2D eigenvalue weighted by molar-refractivity contribution is 0.0733. The average molecular weight is 299 g/mol. The SMILES string of the molecule is CCNC(=NCc1ccc(C)s1)NCCOCCOC. The minimum absolute atomic E-state index is 0.625. The summed E-state index contributed by atoms with van der Waals surface area (Å²) in [5.41, 5.74) is 0. The molecule has 1 aromatic rings. The van der Waals surface area contributed by atoms with E-state index in [0.29, 0.717) is 26.4 Å². The van der Waals surface area contributed by atoms with Crippen molar-refractivity contribution in [2.45, 2.75) is 20.4 Å². The summed E-state index contributed by atoms with van der Waals surface area (Å²) in [6, 6.07) is 4.25. The standard InChI is InChI=1S/C14H25N3O2S/c1-4-15-14(16-7-8-19-10-9-18-3)17-11-13-6-5-12(2)20-13/h5-6H,4,7-11H2,1-3H3,(H2,15,16,17). The Kier molecular flexibility index (Phi) is 9.02. The van der Waals surface area contributed by atoms with Gasteiger partial charge in [0, 0.05) is 30.0 Å². The maximum absolute atomic E-state index is 5.40. The van der Waals surface area contributed by atoms with Gasteiger partial charge in [-0.1, -0.05) is 0 Å². The Labute approximate surface area is 125 Å². The quantitative estimate of drug-likeness (QED) is 0.414. The molecule has 20 heavy (non-hydrogen) atoms. The predicted octanol–water partition coefficient (Wildman–Crippen LogP) is 1.77. The number of methoxy groups -OCH3 is 1. The molecular formula is C14H25N3O2S. The monoisotopic (exact) mass is 299 g/mol. The highest BCUT2D eigenvalue weighted by molar-refractivity contribution is 7.11. The molecule has 0 unspecified atom stereocenters. The van der Waals surface area contributed by atoms with Crippen molar-refractivity contribution in [3.8, 4) is 0 Å². The molecule has 1 rings (SSSR count). The molecule has 2 N–H and O–H groups in total. The molecule has 0 aliphatic carbocycles. The molecule has 1 heterocycles. The first kappa shape index (κ1) is 16.9. The van der Waals surface area contributed by atoms with E-state index in [9.17, 15) is 0 Å². The summed E-state index contributed by atoms with van der Waals surface area (Å²) in [6.07, 6.45) is 0. The molecular weight excluding hydrogens is 274 g/mol. The fourth-order valence-corrected chi connectivity index (χ4v) is 2.37. The molecule has 0 fully saturated rings. The first-order chi connectivity index (χ1) is 9.76. The molecule has 6 heteroatoms. The van der Waals surface area contributed by atoms with Crippen molar-refractivity contribution in [1.82, 2.24) is 10.6 Å². The molecule has 0 atom stereocenters. The van der Waals surface area contributed by atoms with Crippen molar-refractivity contribution in [3.05, 3.63) is 21.9 Å². The number of guanidine groups is 1. The Hall–Kier alpha value is -1.11. The van der Waals surface area contributed by atoms with Crippen LogP contribution in [0.25, 0.3) is 0 Å². The molecule has 0 aliphatic rings. The van der Waals surface area contributed by atoms with Gasteiger partial charge in [0.15, 0.2) is 5.96 Å². The van der Waals surface area contributed by atoms with Crippen molar-refractivity contribution in [2.75, 3.05) is 40.0 Å². The van der Waals surface area contributed by atoms with Gasteiger partial charge in [0.1, 0.15) is 0 Å². The molecule has 5 nitrogen and oxygen atoms in total. The fraction of sp³-hybridized carbons (Fsp3) is 0.643. The summed E-state index contributed by atoms with van der Waals surface area (Å²) in [6.45, 7) is 8.36. The number of thiophene rings is 1. The molecule has 0 amide bonds. The summed E-state index contributed by atoms with van der Waals surface area (Å²) in [7, 11) is 1.67. The van der Waals surface area contributed by atoms with Gasteiger partial charge in [0.2, 0.25) is 0 Å². The minimum Gasteiger partial charge on any atom is -0.382 e. The van der Waals surface area contributed by atoms with E-state index in [4.69, 9.17) is 9.47 Å². The molecule has 0 bridgehead atoms. The van der Waals surface area contributed by atoms with Crippen molar-refractivity contribution >= 4 is 17.3 Å². The summed E-state index contributed by atoms with van der Waals surface area (Å²) < 4.78 is 10.3. The second-order valence-electron chi connectivity index (χ2n) is 4.24. The Morgan fingerprint density at radius 2 is 2.10 bits per heavy atom. The predicted molar refractivity (Wildman–Crippen MR) is 84.6 cm³/mol. The zero-order valence-electron chi connectivity index (χ0n) is 12.6. The van der Waals surface area contributed by atoms with E-state index >= 15 is 0 Å². The van der Waals surface area contributed by atoms with Crippen LogP contribution in [-0.2, 0) is 16.0 Å². The summed E-state index contributed by atoms with van der Waals surface area (Å²) in [5.74, 6) is 0.828. The zero-order chi connectivity index (χ0) is 14.6. The number of nitrogens with one attached hydrogen (secondary N) is 2. The maximum atomic E-state index is 5.40. The summed E-state index contributed by atoms with van der Waals surface area (Å²) in [5, 5.41) is 6.48. The number of hydrogen-bond acceptors (Lipinski definition) is 4. The van der Waals surface area contributed by atoms with Gasteiger partial charge < -0.3 is 20.1 Å². The van der Waals surface area contributed by atoms with Gasteiger partial charge in [-0.05, 0) is 26.0 Å². The largest absolute Gasteiger partial charge is 0.382 e. The molecule has 114 valence electrons. The third-order valence-corrected chi connectivity index (χ3v) is 3.49. The first-order valence-corrected chi connectivity index (χ1v) is 7.72. The van der Waals surface area contributed by atoms with Crippen molar-refractivity contribution < 1.29 is 9.47 Å². The highest BCUT2D eigenvalue weighted by Crippen LogP contribution is 2.15. The molecule has 0 aromatic carbocycles. The van der Waals surface area contributed by atoms with Gasteiger partial charge in [0.25, 0.3) is 0 Å². The van der Waals surface area contributed by atoms with Crippen LogP contribution in [-0.4, -0.2) is 46.0 Å². The first-order valence-electron chi connectivity index (χ1n) is 6.90. The van der Waals surface area contributed by atoms with Crippen LogP contribution in [0.2, 0.25) is 0 Å². The Morgan fingerprint density at radius 3 is 2.75 bits per heavy atom. The van der Waals surface area contributed by atoms with E-state index in [1.54, 1.807) is 18.4 Å². The third-order valence-electron chi connectivity index (χ3n) is 2.50. The number of rotatable bonds is 9. The van der Waals surface area contributed by atoms with Gasteiger partial charge in [-0.2, -0.15) is 0 Å². The normalized spacial score (nSPS) is 11.7. The second-order valence-corrected chi connectivity index (χ2v) is 5.61. The maximum Gasteiger partial charge on any atom is 0.191 e. The van der Waals surface area contributed by atoms with E-state index in [1.165, 1.54) is 9.75 Å². The lowest BCUT2D eigenvalue weighted by Gasteiger charge is -2.11. The van der Waals surface area contributed by atoms with Crippen LogP contribution in [0.5, 0.6) is 0 Å². The molecule has 0 saturated carbocycles. The van der Waals surface area contributed by atoms with E-state index in [1.807, 2.05) is 0 Å². The highest BCUT2D eigenvalue weighted by atomic mass is 32.1. The van der Waals surface area contributed by atoms with Gasteiger partial charge in [0.05, 0.1) is 26.4 Å². The van der Waals surface area contributed by atoms with Crippen LogP contribution in [0.15, 0.2) is 17.1 Å². The van der Waals surface area contributed by atoms with E-state index in [0.717, 1.165) is 19.0 Å². The van der Waals surface area contributed by atoms with E-state index < -0.39 is 0 Å².